The molecule has 2 fully saturated rings. The van der Waals surface area contributed by atoms with E-state index in [1.165, 1.54) is 18.5 Å². The number of anilines is 1. The third-order valence-corrected chi connectivity index (χ3v) is 6.28. The Hall–Kier alpha value is -2.73. The van der Waals surface area contributed by atoms with Gasteiger partial charge in [-0.1, -0.05) is 0 Å². The zero-order valence-corrected chi connectivity index (χ0v) is 17.1. The van der Waals surface area contributed by atoms with Crippen LogP contribution >= 0.6 is 0 Å². The Kier molecular flexibility index (Phi) is 4.59. The summed E-state index contributed by atoms with van der Waals surface area (Å²) in [6, 6.07) is 10.3. The van der Waals surface area contributed by atoms with Crippen molar-refractivity contribution in [2.75, 3.05) is 25.5 Å². The molecule has 2 aliphatic rings. The standard InChI is InChI=1S/C23H27N5O/c1-15-20-7-6-18(13-22(20)26-28(15)19-9-11-27(2)12-10-19)25-23(29)17-5-8-21(24-14-17)16-3-4-16/h5-8,13-14,16,19H,3-4,9-12H2,1-2H3,(H,25,29). The molecular weight excluding hydrogens is 362 g/mol. The maximum absolute atomic E-state index is 12.6. The molecular formula is C23H27N5O. The number of amides is 1. The molecule has 5 rings (SSSR count). The van der Waals surface area contributed by atoms with E-state index in [2.05, 4.69) is 39.9 Å². The van der Waals surface area contributed by atoms with Gasteiger partial charge >= 0.3 is 0 Å². The normalized spacial score (nSPS) is 18.3. The van der Waals surface area contributed by atoms with E-state index < -0.39 is 0 Å². The topological polar surface area (TPSA) is 63.1 Å². The predicted molar refractivity (Wildman–Crippen MR) is 114 cm³/mol. The number of nitrogens with one attached hydrogen (secondary N) is 1. The molecule has 29 heavy (non-hydrogen) atoms. The predicted octanol–water partition coefficient (Wildman–Crippen LogP) is 4.14. The van der Waals surface area contributed by atoms with Crippen LogP contribution < -0.4 is 5.32 Å². The van der Waals surface area contributed by atoms with Crippen LogP contribution in [0.4, 0.5) is 5.69 Å². The van der Waals surface area contributed by atoms with E-state index in [9.17, 15) is 4.79 Å². The lowest BCUT2D eigenvalue weighted by molar-refractivity contribution is 0.102. The molecule has 0 radical (unpaired) electrons. The molecule has 1 aliphatic heterocycles. The van der Waals surface area contributed by atoms with Crippen molar-refractivity contribution in [1.29, 1.82) is 0 Å². The highest BCUT2D eigenvalue weighted by Gasteiger charge is 2.25. The monoisotopic (exact) mass is 389 g/mol. The average molecular weight is 390 g/mol. The third-order valence-electron chi connectivity index (χ3n) is 6.28. The van der Waals surface area contributed by atoms with E-state index in [4.69, 9.17) is 5.10 Å². The maximum Gasteiger partial charge on any atom is 0.257 e. The Bertz CT molecular complexity index is 1040. The molecule has 1 aromatic carbocycles. The Morgan fingerprint density at radius 1 is 1.10 bits per heavy atom. The number of carbonyl (C=O) groups is 1. The summed E-state index contributed by atoms with van der Waals surface area (Å²) >= 11 is 0. The third kappa shape index (κ3) is 3.65. The fraction of sp³-hybridized carbons (Fsp3) is 0.435. The number of rotatable bonds is 4. The van der Waals surface area contributed by atoms with E-state index in [1.807, 2.05) is 24.3 Å². The van der Waals surface area contributed by atoms with E-state index in [1.54, 1.807) is 6.20 Å². The van der Waals surface area contributed by atoms with Crippen LogP contribution in [0.25, 0.3) is 10.9 Å². The molecule has 1 aliphatic carbocycles. The Morgan fingerprint density at radius 2 is 1.90 bits per heavy atom. The number of fused-ring (bicyclic) bond motifs is 1. The van der Waals surface area contributed by atoms with Crippen LogP contribution in [0.5, 0.6) is 0 Å². The number of hydrogen-bond acceptors (Lipinski definition) is 4. The van der Waals surface area contributed by atoms with Gasteiger partial charge in [0.1, 0.15) is 0 Å². The Balaban J connectivity index is 1.34. The quantitative estimate of drug-likeness (QED) is 0.729. The van der Waals surface area contributed by atoms with Gasteiger partial charge in [0.25, 0.3) is 5.91 Å². The molecule has 0 atom stereocenters. The van der Waals surface area contributed by atoms with E-state index in [-0.39, 0.29) is 5.91 Å². The van der Waals surface area contributed by atoms with Crippen LogP contribution in [0.1, 0.15) is 59.4 Å². The zero-order chi connectivity index (χ0) is 20.0. The number of benzene rings is 1. The summed E-state index contributed by atoms with van der Waals surface area (Å²) in [6.07, 6.45) is 6.35. The highest BCUT2D eigenvalue weighted by molar-refractivity contribution is 6.04. The van der Waals surface area contributed by atoms with Crippen LogP contribution in [0.15, 0.2) is 36.5 Å². The van der Waals surface area contributed by atoms with Gasteiger partial charge in [-0.15, -0.1) is 0 Å². The molecule has 6 nitrogen and oxygen atoms in total. The summed E-state index contributed by atoms with van der Waals surface area (Å²) in [7, 11) is 2.17. The molecule has 0 bridgehead atoms. The summed E-state index contributed by atoms with van der Waals surface area (Å²) in [4.78, 5) is 19.4. The molecule has 1 N–H and O–H groups in total. The first-order valence-corrected chi connectivity index (χ1v) is 10.5. The first-order valence-electron chi connectivity index (χ1n) is 10.5. The lowest BCUT2D eigenvalue weighted by atomic mass is 10.1. The van der Waals surface area contributed by atoms with Gasteiger partial charge in [-0.25, -0.2) is 0 Å². The van der Waals surface area contributed by atoms with Gasteiger partial charge in [-0.05, 0) is 83.1 Å². The van der Waals surface area contributed by atoms with Crippen molar-refractivity contribution in [1.82, 2.24) is 19.7 Å². The van der Waals surface area contributed by atoms with Crippen molar-refractivity contribution >= 4 is 22.5 Å². The molecule has 3 heterocycles. The van der Waals surface area contributed by atoms with Crippen molar-refractivity contribution in [2.24, 2.45) is 0 Å². The maximum atomic E-state index is 12.6. The molecule has 0 unspecified atom stereocenters. The van der Waals surface area contributed by atoms with Gasteiger partial charge in [-0.2, -0.15) is 5.10 Å². The van der Waals surface area contributed by atoms with Crippen molar-refractivity contribution < 1.29 is 4.79 Å². The molecule has 150 valence electrons. The molecule has 0 spiro atoms. The van der Waals surface area contributed by atoms with Gasteiger partial charge in [0.05, 0.1) is 17.1 Å². The summed E-state index contributed by atoms with van der Waals surface area (Å²) in [6.45, 7) is 4.35. The number of aryl methyl sites for hydroxylation is 1. The molecule has 1 saturated heterocycles. The largest absolute Gasteiger partial charge is 0.322 e. The number of nitrogens with zero attached hydrogens (tertiary/aromatic N) is 4. The number of hydrogen-bond donors (Lipinski definition) is 1. The Morgan fingerprint density at radius 3 is 2.59 bits per heavy atom. The van der Waals surface area contributed by atoms with Gasteiger partial charge in [0.15, 0.2) is 0 Å². The van der Waals surface area contributed by atoms with Gasteiger partial charge in [0, 0.05) is 34.6 Å². The van der Waals surface area contributed by atoms with E-state index in [0.29, 0.717) is 17.5 Å². The fourth-order valence-electron chi connectivity index (χ4n) is 4.27. The van der Waals surface area contributed by atoms with Crippen LogP contribution in [-0.4, -0.2) is 45.7 Å². The van der Waals surface area contributed by atoms with Crippen molar-refractivity contribution in [3.63, 3.8) is 0 Å². The average Bonchev–Trinajstić information content (AvgIpc) is 3.53. The van der Waals surface area contributed by atoms with Crippen LogP contribution in [0.3, 0.4) is 0 Å². The number of pyridine rings is 1. The van der Waals surface area contributed by atoms with Crippen molar-refractivity contribution in [3.8, 4) is 0 Å². The minimum atomic E-state index is -0.134. The van der Waals surface area contributed by atoms with E-state index >= 15 is 0 Å². The van der Waals surface area contributed by atoms with Gasteiger partial charge in [0.2, 0.25) is 0 Å². The Labute approximate surface area is 170 Å². The number of piperidine rings is 1. The van der Waals surface area contributed by atoms with Crippen LogP contribution in [0.2, 0.25) is 0 Å². The number of carbonyl (C=O) groups excluding carboxylic acids is 1. The molecule has 6 heteroatoms. The van der Waals surface area contributed by atoms with Gasteiger partial charge in [-0.3, -0.25) is 14.5 Å². The van der Waals surface area contributed by atoms with Crippen LogP contribution in [0, 0.1) is 6.92 Å². The summed E-state index contributed by atoms with van der Waals surface area (Å²) in [5.41, 5.74) is 4.58. The second-order valence-electron chi connectivity index (χ2n) is 8.50. The number of aromatic nitrogens is 3. The fourth-order valence-corrected chi connectivity index (χ4v) is 4.27. The molecule has 1 amide bonds. The molecule has 2 aromatic heterocycles. The zero-order valence-electron chi connectivity index (χ0n) is 17.1. The van der Waals surface area contributed by atoms with Crippen molar-refractivity contribution in [2.45, 2.75) is 44.6 Å². The number of likely N-dealkylation sites (tertiary alicyclic amines) is 1. The van der Waals surface area contributed by atoms with E-state index in [0.717, 1.165) is 48.2 Å². The van der Waals surface area contributed by atoms with Crippen LogP contribution in [-0.2, 0) is 0 Å². The minimum Gasteiger partial charge on any atom is -0.322 e. The van der Waals surface area contributed by atoms with Gasteiger partial charge < -0.3 is 10.2 Å². The first-order chi connectivity index (χ1) is 14.1. The highest BCUT2D eigenvalue weighted by Crippen LogP contribution is 2.38. The second kappa shape index (κ2) is 7.26. The molecule has 1 saturated carbocycles. The summed E-state index contributed by atoms with van der Waals surface area (Å²) in [5, 5.41) is 9.02. The first kappa shape index (κ1) is 18.3. The highest BCUT2D eigenvalue weighted by atomic mass is 16.1. The second-order valence-corrected chi connectivity index (χ2v) is 8.50. The SMILES string of the molecule is Cc1c2ccc(NC(=O)c3ccc(C4CC4)nc3)cc2nn1C1CCN(C)CC1. The molecule has 3 aromatic rings. The van der Waals surface area contributed by atoms with Crippen molar-refractivity contribution in [3.05, 3.63) is 53.5 Å². The lowest BCUT2D eigenvalue weighted by Gasteiger charge is -2.29. The summed E-state index contributed by atoms with van der Waals surface area (Å²) < 4.78 is 2.18. The lowest BCUT2D eigenvalue weighted by Crippen LogP contribution is -2.32. The summed E-state index contributed by atoms with van der Waals surface area (Å²) in [5.74, 6) is 0.461. The smallest absolute Gasteiger partial charge is 0.257 e. The minimum absolute atomic E-state index is 0.134.